The van der Waals surface area contributed by atoms with Crippen LogP contribution >= 0.6 is 0 Å². The van der Waals surface area contributed by atoms with Gasteiger partial charge in [0.05, 0.1) is 5.56 Å². The van der Waals surface area contributed by atoms with E-state index in [4.69, 9.17) is 5.73 Å². The predicted molar refractivity (Wildman–Crippen MR) is 73.5 cm³/mol. The third-order valence-corrected chi connectivity index (χ3v) is 3.62. The lowest BCUT2D eigenvalue weighted by atomic mass is 9.95. The Bertz CT molecular complexity index is 525. The number of carbonyl (C=O) groups excluding carboxylic acids is 2. The van der Waals surface area contributed by atoms with Crippen molar-refractivity contribution in [2.45, 2.75) is 12.8 Å². The van der Waals surface area contributed by atoms with Gasteiger partial charge < -0.3 is 16.0 Å². The van der Waals surface area contributed by atoms with Crippen molar-refractivity contribution in [1.29, 1.82) is 0 Å². The monoisotopic (exact) mass is 279 g/mol. The fourth-order valence-corrected chi connectivity index (χ4v) is 2.43. The fraction of sp³-hybridized carbons (Fsp3) is 0.429. The Hall–Kier alpha value is -2.11. The van der Waals surface area contributed by atoms with Gasteiger partial charge in [-0.3, -0.25) is 9.59 Å². The van der Waals surface area contributed by atoms with Crippen LogP contribution in [0.2, 0.25) is 0 Å². The molecule has 1 heterocycles. The summed E-state index contributed by atoms with van der Waals surface area (Å²) in [6, 6.07) is 3.96. The molecule has 0 aliphatic carbocycles. The van der Waals surface area contributed by atoms with Crippen LogP contribution in [-0.4, -0.2) is 36.9 Å². The number of nitrogens with one attached hydrogen (secondary N) is 1. The average molecular weight is 279 g/mol. The highest BCUT2D eigenvalue weighted by atomic mass is 19.1. The maximum atomic E-state index is 13.7. The molecule has 1 aliphatic heterocycles. The molecule has 1 aromatic carbocycles. The van der Waals surface area contributed by atoms with Gasteiger partial charge in [-0.05, 0) is 31.0 Å². The van der Waals surface area contributed by atoms with E-state index in [0.29, 0.717) is 31.6 Å². The molecule has 0 bridgehead atoms. The number of amides is 2. The molecule has 0 radical (unpaired) electrons. The van der Waals surface area contributed by atoms with E-state index in [0.717, 1.165) is 0 Å². The minimum Gasteiger partial charge on any atom is -0.399 e. The van der Waals surface area contributed by atoms with Crippen molar-refractivity contribution in [2.75, 3.05) is 25.9 Å². The quantitative estimate of drug-likeness (QED) is 0.793. The van der Waals surface area contributed by atoms with E-state index >= 15 is 0 Å². The summed E-state index contributed by atoms with van der Waals surface area (Å²) in [6.07, 6.45) is 1.19. The van der Waals surface area contributed by atoms with Crippen molar-refractivity contribution in [2.24, 2.45) is 5.92 Å². The van der Waals surface area contributed by atoms with Crippen LogP contribution in [0.15, 0.2) is 18.2 Å². The number of nitrogens with two attached hydrogens (primary N) is 1. The van der Waals surface area contributed by atoms with Crippen molar-refractivity contribution in [1.82, 2.24) is 10.2 Å². The van der Waals surface area contributed by atoms with Crippen LogP contribution < -0.4 is 11.1 Å². The Morgan fingerprint density at radius 3 is 2.60 bits per heavy atom. The Morgan fingerprint density at radius 2 is 2.00 bits per heavy atom. The van der Waals surface area contributed by atoms with E-state index < -0.39 is 5.82 Å². The van der Waals surface area contributed by atoms with E-state index in [1.165, 1.54) is 18.2 Å². The van der Waals surface area contributed by atoms with Gasteiger partial charge in [-0.25, -0.2) is 4.39 Å². The van der Waals surface area contributed by atoms with Crippen LogP contribution in [0.4, 0.5) is 10.1 Å². The number of rotatable bonds is 2. The summed E-state index contributed by atoms with van der Waals surface area (Å²) >= 11 is 0. The molecule has 1 saturated heterocycles. The second kappa shape index (κ2) is 5.90. The molecular weight excluding hydrogens is 261 g/mol. The van der Waals surface area contributed by atoms with Crippen LogP contribution in [0.1, 0.15) is 23.2 Å². The topological polar surface area (TPSA) is 75.4 Å². The Balaban J connectivity index is 2.05. The lowest BCUT2D eigenvalue weighted by molar-refractivity contribution is -0.125. The minimum atomic E-state index is -0.572. The Morgan fingerprint density at radius 1 is 1.35 bits per heavy atom. The number of halogens is 1. The molecular formula is C14H18FN3O2. The Labute approximate surface area is 116 Å². The number of nitrogens with zero attached hydrogens (tertiary/aromatic N) is 1. The molecule has 0 atom stereocenters. The maximum absolute atomic E-state index is 13.7. The molecule has 6 heteroatoms. The first-order valence-corrected chi connectivity index (χ1v) is 6.59. The van der Waals surface area contributed by atoms with Gasteiger partial charge in [-0.1, -0.05) is 0 Å². The van der Waals surface area contributed by atoms with Crippen LogP contribution in [0.5, 0.6) is 0 Å². The Kier molecular flexibility index (Phi) is 4.22. The molecule has 1 fully saturated rings. The summed E-state index contributed by atoms with van der Waals surface area (Å²) < 4.78 is 13.7. The van der Waals surface area contributed by atoms with Crippen molar-refractivity contribution < 1.29 is 14.0 Å². The van der Waals surface area contributed by atoms with Crippen molar-refractivity contribution in [3.05, 3.63) is 29.6 Å². The zero-order valence-electron chi connectivity index (χ0n) is 11.4. The third kappa shape index (κ3) is 2.89. The summed E-state index contributed by atoms with van der Waals surface area (Å²) in [5.41, 5.74) is 5.93. The zero-order chi connectivity index (χ0) is 14.7. The minimum absolute atomic E-state index is 0.00719. The van der Waals surface area contributed by atoms with Gasteiger partial charge in [-0.2, -0.15) is 0 Å². The molecule has 1 aliphatic rings. The first-order valence-electron chi connectivity index (χ1n) is 6.59. The van der Waals surface area contributed by atoms with E-state index in [1.54, 1.807) is 11.9 Å². The number of benzene rings is 1. The van der Waals surface area contributed by atoms with E-state index in [1.807, 2.05) is 0 Å². The zero-order valence-corrected chi connectivity index (χ0v) is 11.4. The predicted octanol–water partition coefficient (Wildman–Crippen LogP) is 1.01. The van der Waals surface area contributed by atoms with Crippen LogP contribution in [-0.2, 0) is 4.79 Å². The third-order valence-electron chi connectivity index (χ3n) is 3.62. The molecule has 3 N–H and O–H groups in total. The number of carbonyl (C=O) groups is 2. The lowest BCUT2D eigenvalue weighted by Gasteiger charge is -2.31. The van der Waals surface area contributed by atoms with Gasteiger partial charge in [0, 0.05) is 31.7 Å². The van der Waals surface area contributed by atoms with Crippen LogP contribution in [0.25, 0.3) is 0 Å². The molecule has 0 spiro atoms. The summed E-state index contributed by atoms with van der Waals surface area (Å²) in [5.74, 6) is -1.02. The molecule has 0 saturated carbocycles. The highest BCUT2D eigenvalue weighted by molar-refractivity contribution is 5.95. The first-order chi connectivity index (χ1) is 9.52. The number of nitrogen functional groups attached to an aromatic ring is 1. The summed E-state index contributed by atoms with van der Waals surface area (Å²) in [6.45, 7) is 0.899. The van der Waals surface area contributed by atoms with Gasteiger partial charge in [0.2, 0.25) is 5.91 Å². The van der Waals surface area contributed by atoms with Crippen LogP contribution in [0, 0.1) is 11.7 Å². The van der Waals surface area contributed by atoms with Crippen molar-refractivity contribution >= 4 is 17.5 Å². The molecule has 2 rings (SSSR count). The molecule has 2 amide bonds. The highest BCUT2D eigenvalue weighted by Gasteiger charge is 2.28. The fourth-order valence-electron chi connectivity index (χ4n) is 2.43. The summed E-state index contributed by atoms with van der Waals surface area (Å²) in [7, 11) is 1.60. The van der Waals surface area contributed by atoms with Gasteiger partial charge in [0.25, 0.3) is 5.91 Å². The number of likely N-dealkylation sites (tertiary alicyclic amines) is 1. The van der Waals surface area contributed by atoms with Crippen molar-refractivity contribution in [3.63, 3.8) is 0 Å². The standard InChI is InChI=1S/C14H18FN3O2/c1-17-13(19)9-4-6-18(7-5-9)14(20)11-8-10(16)2-3-12(11)15/h2-3,8-9H,4-7,16H2,1H3,(H,17,19). The van der Waals surface area contributed by atoms with E-state index in [2.05, 4.69) is 5.32 Å². The molecule has 0 unspecified atom stereocenters. The number of piperidine rings is 1. The van der Waals surface area contributed by atoms with Gasteiger partial charge in [0.15, 0.2) is 0 Å². The lowest BCUT2D eigenvalue weighted by Crippen LogP contribution is -2.42. The maximum Gasteiger partial charge on any atom is 0.256 e. The van der Waals surface area contributed by atoms with Gasteiger partial charge in [0.1, 0.15) is 5.82 Å². The largest absolute Gasteiger partial charge is 0.399 e. The van der Waals surface area contributed by atoms with Gasteiger partial charge >= 0.3 is 0 Å². The van der Waals surface area contributed by atoms with E-state index in [9.17, 15) is 14.0 Å². The second-order valence-electron chi connectivity index (χ2n) is 4.92. The highest BCUT2D eigenvalue weighted by Crippen LogP contribution is 2.21. The molecule has 5 nitrogen and oxygen atoms in total. The van der Waals surface area contributed by atoms with Crippen molar-refractivity contribution in [3.8, 4) is 0 Å². The summed E-state index contributed by atoms with van der Waals surface area (Å²) in [4.78, 5) is 25.3. The average Bonchev–Trinajstić information content (AvgIpc) is 2.48. The number of hydrogen-bond acceptors (Lipinski definition) is 3. The molecule has 108 valence electrons. The molecule has 1 aromatic rings. The smallest absolute Gasteiger partial charge is 0.256 e. The summed E-state index contributed by atoms with van der Waals surface area (Å²) in [5, 5.41) is 2.61. The van der Waals surface area contributed by atoms with E-state index in [-0.39, 0.29) is 23.3 Å². The number of hydrogen-bond donors (Lipinski definition) is 2. The van der Waals surface area contributed by atoms with Gasteiger partial charge in [-0.15, -0.1) is 0 Å². The SMILES string of the molecule is CNC(=O)C1CCN(C(=O)c2cc(N)ccc2F)CC1. The normalized spacial score (nSPS) is 16.0. The molecule has 20 heavy (non-hydrogen) atoms. The number of anilines is 1. The second-order valence-corrected chi connectivity index (χ2v) is 4.92. The first kappa shape index (κ1) is 14.3. The molecule has 0 aromatic heterocycles. The van der Waals surface area contributed by atoms with Crippen LogP contribution in [0.3, 0.4) is 0 Å².